The van der Waals surface area contributed by atoms with Gasteiger partial charge in [-0.2, -0.15) is 0 Å². The quantitative estimate of drug-likeness (QED) is 0.818. The van der Waals surface area contributed by atoms with Gasteiger partial charge in [0.05, 0.1) is 5.69 Å². The van der Waals surface area contributed by atoms with Crippen molar-refractivity contribution in [2.24, 2.45) is 0 Å². The van der Waals surface area contributed by atoms with Crippen LogP contribution in [0.1, 0.15) is 0 Å². The number of halogens is 3. The van der Waals surface area contributed by atoms with Crippen LogP contribution in [-0.2, 0) is 0 Å². The Hall–Kier alpha value is -2.11. The van der Waals surface area contributed by atoms with Crippen LogP contribution in [-0.4, -0.2) is 17.2 Å². The van der Waals surface area contributed by atoms with Crippen LogP contribution in [0.3, 0.4) is 0 Å². The number of hydrogen-bond donors (Lipinski definition) is 1. The molecule has 17 heavy (non-hydrogen) atoms. The maximum atomic E-state index is 13.4. The van der Waals surface area contributed by atoms with Crippen LogP contribution in [0.15, 0.2) is 24.3 Å². The Balaban J connectivity index is 2.48. The molecule has 0 fully saturated rings. The SMILES string of the molecule is CNc1ccc(-c2cc(F)c(F)cc2F)nn1. The number of aromatic nitrogens is 2. The summed E-state index contributed by atoms with van der Waals surface area (Å²) in [6, 6.07) is 4.27. The molecule has 1 aromatic carbocycles. The molecule has 0 aliphatic heterocycles. The Morgan fingerprint density at radius 2 is 1.65 bits per heavy atom. The van der Waals surface area contributed by atoms with E-state index in [-0.39, 0.29) is 11.3 Å². The minimum Gasteiger partial charge on any atom is -0.372 e. The Morgan fingerprint density at radius 3 is 2.24 bits per heavy atom. The fourth-order valence-electron chi connectivity index (χ4n) is 1.33. The average molecular weight is 239 g/mol. The maximum Gasteiger partial charge on any atom is 0.161 e. The molecular weight excluding hydrogens is 231 g/mol. The van der Waals surface area contributed by atoms with Crippen LogP contribution >= 0.6 is 0 Å². The number of benzene rings is 1. The first-order valence-electron chi connectivity index (χ1n) is 4.78. The predicted octanol–water partition coefficient (Wildman–Crippen LogP) is 2.60. The minimum absolute atomic E-state index is 0.126. The molecule has 1 heterocycles. The molecule has 1 N–H and O–H groups in total. The normalized spacial score (nSPS) is 10.4. The van der Waals surface area contributed by atoms with Gasteiger partial charge >= 0.3 is 0 Å². The second kappa shape index (κ2) is 4.40. The zero-order valence-electron chi connectivity index (χ0n) is 8.84. The van der Waals surface area contributed by atoms with Crippen LogP contribution in [0.4, 0.5) is 19.0 Å². The summed E-state index contributed by atoms with van der Waals surface area (Å²) < 4.78 is 39.1. The smallest absolute Gasteiger partial charge is 0.161 e. The van der Waals surface area contributed by atoms with Gasteiger partial charge in [-0.25, -0.2) is 13.2 Å². The van der Waals surface area contributed by atoms with Gasteiger partial charge in [0.15, 0.2) is 11.6 Å². The molecule has 0 aliphatic carbocycles. The summed E-state index contributed by atoms with van der Waals surface area (Å²) in [7, 11) is 1.65. The lowest BCUT2D eigenvalue weighted by Gasteiger charge is -2.04. The van der Waals surface area contributed by atoms with Gasteiger partial charge in [-0.05, 0) is 18.2 Å². The number of nitrogens with zero attached hydrogens (tertiary/aromatic N) is 2. The minimum atomic E-state index is -1.23. The number of rotatable bonds is 2. The van der Waals surface area contributed by atoms with E-state index in [1.54, 1.807) is 13.1 Å². The lowest BCUT2D eigenvalue weighted by Crippen LogP contribution is -1.97. The van der Waals surface area contributed by atoms with Crippen LogP contribution in [0.5, 0.6) is 0 Å². The third-order valence-corrected chi connectivity index (χ3v) is 2.21. The van der Waals surface area contributed by atoms with E-state index >= 15 is 0 Å². The first kappa shape index (κ1) is 11.4. The van der Waals surface area contributed by atoms with Gasteiger partial charge in [0, 0.05) is 18.7 Å². The summed E-state index contributed by atoms with van der Waals surface area (Å²) >= 11 is 0. The molecule has 2 aromatic rings. The molecule has 0 bridgehead atoms. The molecule has 0 saturated heterocycles. The van der Waals surface area contributed by atoms with Crippen LogP contribution < -0.4 is 5.32 Å². The van der Waals surface area contributed by atoms with Gasteiger partial charge in [0.1, 0.15) is 11.6 Å². The number of anilines is 1. The van der Waals surface area contributed by atoms with Gasteiger partial charge < -0.3 is 5.32 Å². The van der Waals surface area contributed by atoms with Crippen molar-refractivity contribution < 1.29 is 13.2 Å². The topological polar surface area (TPSA) is 37.8 Å². The molecule has 1 aromatic heterocycles. The summed E-state index contributed by atoms with van der Waals surface area (Å²) in [6.45, 7) is 0. The van der Waals surface area contributed by atoms with Gasteiger partial charge in [0.25, 0.3) is 0 Å². The lowest BCUT2D eigenvalue weighted by molar-refractivity contribution is 0.496. The zero-order chi connectivity index (χ0) is 12.4. The highest BCUT2D eigenvalue weighted by Gasteiger charge is 2.12. The first-order valence-corrected chi connectivity index (χ1v) is 4.78. The van der Waals surface area contributed by atoms with Crippen molar-refractivity contribution in [2.45, 2.75) is 0 Å². The third-order valence-electron chi connectivity index (χ3n) is 2.21. The van der Waals surface area contributed by atoms with E-state index in [1.807, 2.05) is 0 Å². The summed E-state index contributed by atoms with van der Waals surface area (Å²) in [5, 5.41) is 10.2. The van der Waals surface area contributed by atoms with Crippen molar-refractivity contribution in [3.8, 4) is 11.3 Å². The molecule has 0 spiro atoms. The average Bonchev–Trinajstić information content (AvgIpc) is 2.34. The molecule has 0 saturated carbocycles. The largest absolute Gasteiger partial charge is 0.372 e. The number of hydrogen-bond acceptors (Lipinski definition) is 3. The Bertz CT molecular complexity index is 540. The lowest BCUT2D eigenvalue weighted by atomic mass is 10.1. The molecule has 88 valence electrons. The molecular formula is C11H8F3N3. The van der Waals surface area contributed by atoms with Crippen molar-refractivity contribution in [3.05, 3.63) is 41.7 Å². The molecule has 6 heteroatoms. The van der Waals surface area contributed by atoms with Gasteiger partial charge in [-0.1, -0.05) is 0 Å². The Kier molecular flexibility index (Phi) is 2.95. The fraction of sp³-hybridized carbons (Fsp3) is 0.0909. The summed E-state index contributed by atoms with van der Waals surface area (Å²) in [5.74, 6) is -2.74. The van der Waals surface area contributed by atoms with Crippen molar-refractivity contribution in [1.82, 2.24) is 10.2 Å². The molecule has 3 nitrogen and oxygen atoms in total. The van der Waals surface area contributed by atoms with E-state index < -0.39 is 17.5 Å². The molecule has 0 aliphatic rings. The van der Waals surface area contributed by atoms with E-state index in [4.69, 9.17) is 0 Å². The molecule has 0 unspecified atom stereocenters. The van der Waals surface area contributed by atoms with Crippen molar-refractivity contribution >= 4 is 5.82 Å². The predicted molar refractivity (Wildman–Crippen MR) is 56.9 cm³/mol. The molecule has 0 amide bonds. The summed E-state index contributed by atoms with van der Waals surface area (Å²) in [5.41, 5.74) is 0.0134. The Morgan fingerprint density at radius 1 is 0.941 bits per heavy atom. The van der Waals surface area contributed by atoms with Gasteiger partial charge in [0.2, 0.25) is 0 Å². The highest BCUT2D eigenvalue weighted by molar-refractivity contribution is 5.60. The highest BCUT2D eigenvalue weighted by atomic mass is 19.2. The van der Waals surface area contributed by atoms with Crippen LogP contribution in [0, 0.1) is 17.5 Å². The monoisotopic (exact) mass is 239 g/mol. The zero-order valence-corrected chi connectivity index (χ0v) is 8.84. The van der Waals surface area contributed by atoms with Gasteiger partial charge in [-0.3, -0.25) is 0 Å². The third kappa shape index (κ3) is 2.20. The Labute approximate surface area is 95.3 Å². The van der Waals surface area contributed by atoms with E-state index in [9.17, 15) is 13.2 Å². The second-order valence-electron chi connectivity index (χ2n) is 3.30. The van der Waals surface area contributed by atoms with Crippen molar-refractivity contribution in [1.29, 1.82) is 0 Å². The van der Waals surface area contributed by atoms with Crippen molar-refractivity contribution in [3.63, 3.8) is 0 Å². The number of nitrogens with one attached hydrogen (secondary N) is 1. The maximum absolute atomic E-state index is 13.4. The molecule has 2 rings (SSSR count). The second-order valence-corrected chi connectivity index (χ2v) is 3.30. The van der Waals surface area contributed by atoms with E-state index in [1.165, 1.54) is 6.07 Å². The van der Waals surface area contributed by atoms with Crippen LogP contribution in [0.25, 0.3) is 11.3 Å². The van der Waals surface area contributed by atoms with Crippen molar-refractivity contribution in [2.75, 3.05) is 12.4 Å². The standard InChI is InChI=1S/C11H8F3N3/c1-15-11-3-2-10(16-17-11)6-4-8(13)9(14)5-7(6)12/h2-5H,1H3,(H,15,17). The molecule has 0 atom stereocenters. The van der Waals surface area contributed by atoms with E-state index in [0.29, 0.717) is 11.9 Å². The molecule has 0 radical (unpaired) electrons. The summed E-state index contributed by atoms with van der Waals surface area (Å²) in [6.07, 6.45) is 0. The first-order chi connectivity index (χ1) is 8.11. The van der Waals surface area contributed by atoms with E-state index in [2.05, 4.69) is 15.5 Å². The highest BCUT2D eigenvalue weighted by Crippen LogP contribution is 2.23. The fourth-order valence-corrected chi connectivity index (χ4v) is 1.33. The van der Waals surface area contributed by atoms with Gasteiger partial charge in [-0.15, -0.1) is 10.2 Å². The van der Waals surface area contributed by atoms with Crippen LogP contribution in [0.2, 0.25) is 0 Å². The van der Waals surface area contributed by atoms with E-state index in [0.717, 1.165) is 6.07 Å². The summed E-state index contributed by atoms with van der Waals surface area (Å²) in [4.78, 5) is 0.